The van der Waals surface area contributed by atoms with Crippen LogP contribution in [0.3, 0.4) is 0 Å². The van der Waals surface area contributed by atoms with Gasteiger partial charge in [-0.15, -0.1) is 0 Å². The number of hydrogen-bond acceptors (Lipinski definition) is 3. The number of benzene rings is 1. The van der Waals surface area contributed by atoms with Crippen molar-refractivity contribution in [2.45, 2.75) is 33.4 Å². The summed E-state index contributed by atoms with van der Waals surface area (Å²) in [4.78, 5) is 16.8. The molecule has 0 N–H and O–H groups in total. The van der Waals surface area contributed by atoms with Gasteiger partial charge < -0.3 is 9.32 Å². The molecule has 1 aliphatic heterocycles. The maximum absolute atomic E-state index is 12.5. The molecule has 0 radical (unpaired) electrons. The maximum Gasteiger partial charge on any atom is 0.239 e. The van der Waals surface area contributed by atoms with Crippen LogP contribution >= 0.6 is 0 Å². The number of nitrogens with zero attached hydrogens (tertiary/aromatic N) is 2. The number of carbonyl (C=O) groups is 1. The second kappa shape index (κ2) is 6.13. The van der Waals surface area contributed by atoms with Crippen molar-refractivity contribution >= 4 is 16.9 Å². The Morgan fingerprint density at radius 3 is 2.86 bits per heavy atom. The van der Waals surface area contributed by atoms with Crippen molar-refractivity contribution in [3.8, 4) is 0 Å². The zero-order chi connectivity index (χ0) is 15.7. The van der Waals surface area contributed by atoms with Crippen LogP contribution in [0, 0.1) is 5.92 Å². The fourth-order valence-electron chi connectivity index (χ4n) is 3.16. The second-order valence-electron chi connectivity index (χ2n) is 6.62. The minimum atomic E-state index is -0.0486. The van der Waals surface area contributed by atoms with Crippen LogP contribution in [0.1, 0.15) is 26.3 Å². The van der Waals surface area contributed by atoms with Gasteiger partial charge in [0.05, 0.1) is 12.3 Å². The van der Waals surface area contributed by atoms with Crippen molar-refractivity contribution in [2.24, 2.45) is 5.92 Å². The van der Waals surface area contributed by atoms with Crippen LogP contribution in [0.15, 0.2) is 34.9 Å². The van der Waals surface area contributed by atoms with Crippen LogP contribution in [0.4, 0.5) is 0 Å². The summed E-state index contributed by atoms with van der Waals surface area (Å²) in [6, 6.07) is 8.17. The molecule has 1 aliphatic rings. The predicted molar refractivity (Wildman–Crippen MR) is 87.5 cm³/mol. The highest BCUT2D eigenvalue weighted by Gasteiger charge is 2.31. The van der Waals surface area contributed by atoms with E-state index in [9.17, 15) is 4.79 Å². The van der Waals surface area contributed by atoms with Crippen LogP contribution in [-0.4, -0.2) is 41.4 Å². The molecule has 0 spiro atoms. The Kier molecular flexibility index (Phi) is 4.21. The van der Waals surface area contributed by atoms with Gasteiger partial charge in [-0.2, -0.15) is 0 Å². The number of fused-ring (bicyclic) bond motifs is 1. The molecule has 1 atom stereocenters. The van der Waals surface area contributed by atoms with E-state index in [1.165, 1.54) is 5.56 Å². The number of piperazine rings is 1. The Balaban J connectivity index is 1.69. The van der Waals surface area contributed by atoms with Gasteiger partial charge in [0.25, 0.3) is 0 Å². The SMILES string of the molecule is CC(C)CN1CCN(Cc2ccc3occc3c2)C(C)C1=O. The predicted octanol–water partition coefficient (Wildman–Crippen LogP) is 3.12. The first-order chi connectivity index (χ1) is 10.5. The Bertz CT molecular complexity index is 662. The quantitative estimate of drug-likeness (QED) is 0.870. The van der Waals surface area contributed by atoms with E-state index in [0.717, 1.165) is 37.1 Å². The standard InChI is InChI=1S/C18H24N2O2/c1-13(2)11-20-8-7-19(14(3)18(20)21)12-15-4-5-17-16(10-15)6-9-22-17/h4-6,9-10,13-14H,7-8,11-12H2,1-3H3. The van der Waals surface area contributed by atoms with E-state index >= 15 is 0 Å². The summed E-state index contributed by atoms with van der Waals surface area (Å²) in [7, 11) is 0. The smallest absolute Gasteiger partial charge is 0.239 e. The first kappa shape index (κ1) is 15.1. The lowest BCUT2D eigenvalue weighted by molar-refractivity contribution is -0.141. The molecule has 0 bridgehead atoms. The highest BCUT2D eigenvalue weighted by atomic mass is 16.3. The van der Waals surface area contributed by atoms with Gasteiger partial charge in [-0.3, -0.25) is 9.69 Å². The van der Waals surface area contributed by atoms with Crippen LogP contribution in [-0.2, 0) is 11.3 Å². The summed E-state index contributed by atoms with van der Waals surface area (Å²) in [5.41, 5.74) is 2.14. The molecule has 4 heteroatoms. The van der Waals surface area contributed by atoms with Gasteiger partial charge in [0, 0.05) is 31.6 Å². The van der Waals surface area contributed by atoms with Crippen molar-refractivity contribution in [1.82, 2.24) is 9.80 Å². The van der Waals surface area contributed by atoms with Gasteiger partial charge in [0.2, 0.25) is 5.91 Å². The molecule has 0 saturated carbocycles. The molecule has 1 amide bonds. The van der Waals surface area contributed by atoms with Crippen molar-refractivity contribution in [1.29, 1.82) is 0 Å². The van der Waals surface area contributed by atoms with E-state index in [1.807, 2.05) is 24.0 Å². The van der Waals surface area contributed by atoms with Gasteiger partial charge >= 0.3 is 0 Å². The van der Waals surface area contributed by atoms with Gasteiger partial charge in [0.1, 0.15) is 5.58 Å². The van der Waals surface area contributed by atoms with Crippen LogP contribution in [0.5, 0.6) is 0 Å². The van der Waals surface area contributed by atoms with Crippen LogP contribution in [0.2, 0.25) is 0 Å². The summed E-state index contributed by atoms with van der Waals surface area (Å²) in [5, 5.41) is 1.12. The summed E-state index contributed by atoms with van der Waals surface area (Å²) in [6.07, 6.45) is 1.71. The normalized spacial score (nSPS) is 20.3. The highest BCUT2D eigenvalue weighted by Crippen LogP contribution is 2.20. The van der Waals surface area contributed by atoms with E-state index in [4.69, 9.17) is 4.42 Å². The number of carbonyl (C=O) groups excluding carboxylic acids is 1. The third kappa shape index (κ3) is 3.02. The third-order valence-corrected chi connectivity index (χ3v) is 4.36. The van der Waals surface area contributed by atoms with E-state index in [0.29, 0.717) is 5.92 Å². The molecule has 1 unspecified atom stereocenters. The minimum Gasteiger partial charge on any atom is -0.464 e. The zero-order valence-corrected chi connectivity index (χ0v) is 13.6. The van der Waals surface area contributed by atoms with E-state index in [-0.39, 0.29) is 11.9 Å². The van der Waals surface area contributed by atoms with E-state index in [1.54, 1.807) is 6.26 Å². The molecule has 1 aromatic heterocycles. The largest absolute Gasteiger partial charge is 0.464 e. The van der Waals surface area contributed by atoms with Crippen molar-refractivity contribution in [3.63, 3.8) is 0 Å². The fraction of sp³-hybridized carbons (Fsp3) is 0.500. The van der Waals surface area contributed by atoms with Crippen LogP contribution in [0.25, 0.3) is 11.0 Å². The Labute approximate surface area is 131 Å². The Morgan fingerprint density at radius 2 is 2.09 bits per heavy atom. The lowest BCUT2D eigenvalue weighted by Crippen LogP contribution is -2.56. The topological polar surface area (TPSA) is 36.7 Å². The van der Waals surface area contributed by atoms with Gasteiger partial charge in [0.15, 0.2) is 0 Å². The average molecular weight is 300 g/mol. The summed E-state index contributed by atoms with van der Waals surface area (Å²) in [6.45, 7) is 9.76. The van der Waals surface area contributed by atoms with Gasteiger partial charge in [-0.1, -0.05) is 19.9 Å². The number of furan rings is 1. The molecule has 1 fully saturated rings. The zero-order valence-electron chi connectivity index (χ0n) is 13.6. The van der Waals surface area contributed by atoms with Crippen molar-refractivity contribution in [2.75, 3.05) is 19.6 Å². The lowest BCUT2D eigenvalue weighted by atomic mass is 10.1. The molecule has 1 aromatic carbocycles. The molecule has 118 valence electrons. The Hall–Kier alpha value is -1.81. The number of hydrogen-bond donors (Lipinski definition) is 0. The third-order valence-electron chi connectivity index (χ3n) is 4.36. The first-order valence-corrected chi connectivity index (χ1v) is 8.03. The molecular weight excluding hydrogens is 276 g/mol. The molecule has 3 rings (SSSR count). The molecule has 22 heavy (non-hydrogen) atoms. The van der Waals surface area contributed by atoms with Crippen LogP contribution < -0.4 is 0 Å². The molecule has 2 heterocycles. The Morgan fingerprint density at radius 1 is 1.27 bits per heavy atom. The average Bonchev–Trinajstić information content (AvgIpc) is 2.94. The fourth-order valence-corrected chi connectivity index (χ4v) is 3.16. The van der Waals surface area contributed by atoms with E-state index < -0.39 is 0 Å². The van der Waals surface area contributed by atoms with Crippen molar-refractivity contribution < 1.29 is 9.21 Å². The molecular formula is C18H24N2O2. The maximum atomic E-state index is 12.5. The molecule has 1 saturated heterocycles. The summed E-state index contributed by atoms with van der Waals surface area (Å²) in [5.74, 6) is 0.774. The molecule has 0 aliphatic carbocycles. The number of amides is 1. The first-order valence-electron chi connectivity index (χ1n) is 8.03. The van der Waals surface area contributed by atoms with E-state index in [2.05, 4.69) is 30.9 Å². The van der Waals surface area contributed by atoms with Gasteiger partial charge in [-0.25, -0.2) is 0 Å². The lowest BCUT2D eigenvalue weighted by Gasteiger charge is -2.39. The molecule has 2 aromatic rings. The second-order valence-corrected chi connectivity index (χ2v) is 6.62. The van der Waals surface area contributed by atoms with Crippen molar-refractivity contribution in [3.05, 3.63) is 36.1 Å². The highest BCUT2D eigenvalue weighted by molar-refractivity contribution is 5.82. The molecule has 4 nitrogen and oxygen atoms in total. The summed E-state index contributed by atoms with van der Waals surface area (Å²) < 4.78 is 5.38. The minimum absolute atomic E-state index is 0.0486. The number of rotatable bonds is 4. The summed E-state index contributed by atoms with van der Waals surface area (Å²) >= 11 is 0. The monoisotopic (exact) mass is 300 g/mol. The van der Waals surface area contributed by atoms with Gasteiger partial charge in [-0.05, 0) is 36.6 Å².